The van der Waals surface area contributed by atoms with Crippen LogP contribution in [0, 0.1) is 18.2 Å². The van der Waals surface area contributed by atoms with Gasteiger partial charge in [0.2, 0.25) is 15.9 Å². The van der Waals surface area contributed by atoms with Crippen molar-refractivity contribution in [3.63, 3.8) is 0 Å². The molecule has 2 aliphatic rings. The second kappa shape index (κ2) is 14.5. The first-order chi connectivity index (χ1) is 20.1. The number of nitrogens with zero attached hydrogens (tertiary/aromatic N) is 1. The van der Waals surface area contributed by atoms with Crippen molar-refractivity contribution >= 4 is 15.9 Å². The van der Waals surface area contributed by atoms with Gasteiger partial charge in [0.15, 0.2) is 0 Å². The molecular formula is C32H42FN3O5S. The molecule has 2 atom stereocenters. The first-order valence-electron chi connectivity index (χ1n) is 14.8. The first kappa shape index (κ1) is 32.0. The van der Waals surface area contributed by atoms with Gasteiger partial charge in [-0.3, -0.25) is 4.79 Å². The highest BCUT2D eigenvalue weighted by Gasteiger charge is 2.44. The summed E-state index contributed by atoms with van der Waals surface area (Å²) in [5.74, 6) is 2.05. The van der Waals surface area contributed by atoms with E-state index in [0.717, 1.165) is 24.0 Å². The van der Waals surface area contributed by atoms with Crippen molar-refractivity contribution in [3.8, 4) is 18.1 Å². The Balaban J connectivity index is 1.51. The minimum absolute atomic E-state index is 0.00380. The third-order valence-electron chi connectivity index (χ3n) is 7.92. The molecule has 10 heteroatoms. The maximum Gasteiger partial charge on any atom is 0.220 e. The monoisotopic (exact) mass is 599 g/mol. The van der Waals surface area contributed by atoms with Crippen LogP contribution in [0.1, 0.15) is 68.6 Å². The minimum atomic E-state index is -3.52. The summed E-state index contributed by atoms with van der Waals surface area (Å²) in [5, 5.41) is 17.7. The lowest BCUT2D eigenvalue weighted by Gasteiger charge is -2.27. The molecule has 0 spiro atoms. The SMILES string of the molecule is C#Cc1cccc(C2(NC[C@@H](O)[C@@H]3Cc4cc(F)cc(c4)OCCCCN(CCC)S(=O)(=O)CCCC(=O)N3)CC2)c1. The Labute approximate surface area is 249 Å². The molecule has 4 rings (SSSR count). The van der Waals surface area contributed by atoms with Crippen molar-refractivity contribution < 1.29 is 27.4 Å². The molecule has 0 radical (unpaired) electrons. The summed E-state index contributed by atoms with van der Waals surface area (Å²) in [5.41, 5.74) is 2.12. The van der Waals surface area contributed by atoms with Gasteiger partial charge in [0.1, 0.15) is 11.6 Å². The normalized spacial score (nSPS) is 22.1. The summed E-state index contributed by atoms with van der Waals surface area (Å²) >= 11 is 0. The van der Waals surface area contributed by atoms with Crippen LogP contribution in [0.5, 0.6) is 5.75 Å². The van der Waals surface area contributed by atoms with E-state index < -0.39 is 28.0 Å². The van der Waals surface area contributed by atoms with Gasteiger partial charge >= 0.3 is 0 Å². The van der Waals surface area contributed by atoms with Gasteiger partial charge in [-0.2, -0.15) is 0 Å². The Morgan fingerprint density at radius 1 is 1.24 bits per heavy atom. The lowest BCUT2D eigenvalue weighted by atomic mass is 9.98. The maximum absolute atomic E-state index is 14.6. The molecule has 0 saturated heterocycles. The standard InChI is InChI=1S/C32H42FN3O5S/c1-3-14-36-15-5-6-16-41-28-20-25(19-27(33)22-28)21-29(35-31(38)11-8-17-42(36,39)40)30(37)23-34-32(12-13-32)26-10-7-9-24(4-2)18-26/h2,7,9-10,18-20,22,29-30,34,37H,3,5-6,8,11-17,21,23H2,1H3,(H,35,38)/t29-,30+/m0/s1. The molecule has 1 aliphatic carbocycles. The molecule has 1 fully saturated rings. The summed E-state index contributed by atoms with van der Waals surface area (Å²) < 4.78 is 47.8. The number of carbonyl (C=O) groups excluding carboxylic acids is 1. The van der Waals surface area contributed by atoms with Crippen LogP contribution in [0.3, 0.4) is 0 Å². The molecule has 1 saturated carbocycles. The first-order valence-corrected chi connectivity index (χ1v) is 16.4. The highest BCUT2D eigenvalue weighted by atomic mass is 32.2. The van der Waals surface area contributed by atoms with Crippen LogP contribution in [0.4, 0.5) is 4.39 Å². The molecule has 1 aliphatic heterocycles. The van der Waals surface area contributed by atoms with E-state index in [2.05, 4.69) is 16.6 Å². The fourth-order valence-electron chi connectivity index (χ4n) is 5.44. The molecule has 3 N–H and O–H groups in total. The zero-order valence-corrected chi connectivity index (χ0v) is 25.1. The number of benzene rings is 2. The quantitative estimate of drug-likeness (QED) is 0.421. The van der Waals surface area contributed by atoms with Gasteiger partial charge in [-0.15, -0.1) is 6.42 Å². The third-order valence-corrected chi connectivity index (χ3v) is 9.88. The van der Waals surface area contributed by atoms with Gasteiger partial charge in [-0.05, 0) is 80.3 Å². The summed E-state index contributed by atoms with van der Waals surface area (Å²) in [7, 11) is -3.52. The van der Waals surface area contributed by atoms with Crippen LogP contribution in [0.15, 0.2) is 42.5 Å². The van der Waals surface area contributed by atoms with E-state index in [-0.39, 0.29) is 43.0 Å². The molecule has 1 heterocycles. The summed E-state index contributed by atoms with van der Waals surface area (Å²) in [4.78, 5) is 13.0. The van der Waals surface area contributed by atoms with Crippen LogP contribution >= 0.6 is 0 Å². The fourth-order valence-corrected chi connectivity index (χ4v) is 7.08. The number of aliphatic hydroxyl groups excluding tert-OH is 1. The number of halogens is 1. The minimum Gasteiger partial charge on any atom is -0.493 e. The number of amides is 1. The number of nitrogens with one attached hydrogen (secondary N) is 2. The number of hydrogen-bond donors (Lipinski definition) is 3. The number of rotatable bonds is 7. The van der Waals surface area contributed by atoms with Gasteiger partial charge in [-0.1, -0.05) is 25.0 Å². The number of carbonyl (C=O) groups is 1. The van der Waals surface area contributed by atoms with E-state index in [1.807, 2.05) is 31.2 Å². The number of aliphatic hydroxyl groups is 1. The number of ether oxygens (including phenoxy) is 1. The number of fused-ring (bicyclic) bond motifs is 2. The van der Waals surface area contributed by atoms with Crippen molar-refractivity contribution in [1.82, 2.24) is 14.9 Å². The van der Waals surface area contributed by atoms with Crippen molar-refractivity contribution in [3.05, 3.63) is 65.0 Å². The van der Waals surface area contributed by atoms with E-state index >= 15 is 0 Å². The molecule has 0 aromatic heterocycles. The Morgan fingerprint density at radius 2 is 2.05 bits per heavy atom. The Kier molecular flexibility index (Phi) is 11.0. The van der Waals surface area contributed by atoms with Crippen molar-refractivity contribution in [1.29, 1.82) is 0 Å². The van der Waals surface area contributed by atoms with E-state index in [0.29, 0.717) is 50.3 Å². The molecule has 2 aromatic rings. The molecule has 1 amide bonds. The molecule has 2 aromatic carbocycles. The van der Waals surface area contributed by atoms with Gasteiger partial charge < -0.3 is 20.5 Å². The smallest absolute Gasteiger partial charge is 0.220 e. The molecule has 8 nitrogen and oxygen atoms in total. The maximum atomic E-state index is 14.6. The second-order valence-electron chi connectivity index (χ2n) is 11.3. The van der Waals surface area contributed by atoms with Crippen LogP contribution in [-0.4, -0.2) is 67.9 Å². The zero-order valence-electron chi connectivity index (χ0n) is 24.3. The predicted molar refractivity (Wildman–Crippen MR) is 161 cm³/mol. The van der Waals surface area contributed by atoms with Crippen LogP contribution < -0.4 is 15.4 Å². The van der Waals surface area contributed by atoms with Crippen molar-refractivity contribution in [2.75, 3.05) is 32.0 Å². The van der Waals surface area contributed by atoms with Crippen LogP contribution in [-0.2, 0) is 26.8 Å². The average Bonchev–Trinajstić information content (AvgIpc) is 3.75. The Morgan fingerprint density at radius 3 is 2.79 bits per heavy atom. The Hall–Kier alpha value is -2.97. The molecule has 2 bridgehead atoms. The lowest BCUT2D eigenvalue weighted by molar-refractivity contribution is -0.122. The fraction of sp³-hybridized carbons (Fsp3) is 0.531. The summed E-state index contributed by atoms with van der Waals surface area (Å²) in [6, 6.07) is 11.4. The topological polar surface area (TPSA) is 108 Å². The van der Waals surface area contributed by atoms with Crippen molar-refractivity contribution in [2.45, 2.75) is 76.0 Å². The van der Waals surface area contributed by atoms with Crippen LogP contribution in [0.25, 0.3) is 0 Å². The van der Waals surface area contributed by atoms with E-state index in [1.165, 1.54) is 16.4 Å². The third kappa shape index (κ3) is 8.77. The second-order valence-corrected chi connectivity index (χ2v) is 13.4. The highest BCUT2D eigenvalue weighted by Crippen LogP contribution is 2.45. The number of hydrogen-bond acceptors (Lipinski definition) is 6. The zero-order chi connectivity index (χ0) is 30.2. The van der Waals surface area contributed by atoms with Gasteiger partial charge in [0, 0.05) is 43.2 Å². The van der Waals surface area contributed by atoms with Gasteiger partial charge in [0.05, 0.1) is 24.5 Å². The molecular weight excluding hydrogens is 557 g/mol. The largest absolute Gasteiger partial charge is 0.493 e. The molecule has 228 valence electrons. The van der Waals surface area contributed by atoms with Crippen molar-refractivity contribution in [2.24, 2.45) is 0 Å². The highest BCUT2D eigenvalue weighted by molar-refractivity contribution is 7.89. The van der Waals surface area contributed by atoms with E-state index in [4.69, 9.17) is 11.2 Å². The lowest BCUT2D eigenvalue weighted by Crippen LogP contribution is -2.50. The summed E-state index contributed by atoms with van der Waals surface area (Å²) in [6.45, 7) is 3.22. The number of terminal acetylenes is 1. The van der Waals surface area contributed by atoms with Gasteiger partial charge in [-0.25, -0.2) is 17.1 Å². The number of sulfonamides is 1. The Bertz CT molecular complexity index is 1370. The van der Waals surface area contributed by atoms with E-state index in [1.54, 1.807) is 6.07 Å². The predicted octanol–water partition coefficient (Wildman–Crippen LogP) is 3.47. The van der Waals surface area contributed by atoms with Gasteiger partial charge in [0.25, 0.3) is 0 Å². The summed E-state index contributed by atoms with van der Waals surface area (Å²) in [6.07, 6.45) is 8.60. The molecule has 0 unspecified atom stereocenters. The van der Waals surface area contributed by atoms with E-state index in [9.17, 15) is 22.7 Å². The molecule has 42 heavy (non-hydrogen) atoms. The average molecular weight is 600 g/mol. The van der Waals surface area contributed by atoms with Crippen LogP contribution in [0.2, 0.25) is 0 Å².